The smallest absolute Gasteiger partial charge is 0.358 e. The lowest BCUT2D eigenvalue weighted by molar-refractivity contribution is 0.0488. The van der Waals surface area contributed by atoms with Crippen LogP contribution in [0, 0.1) is 6.92 Å². The lowest BCUT2D eigenvalue weighted by Gasteiger charge is -2.07. The van der Waals surface area contributed by atoms with Crippen molar-refractivity contribution in [3.8, 4) is 0 Å². The Kier molecular flexibility index (Phi) is 5.05. The summed E-state index contributed by atoms with van der Waals surface area (Å²) in [7, 11) is 0. The van der Waals surface area contributed by atoms with Gasteiger partial charge in [0.1, 0.15) is 5.82 Å². The van der Waals surface area contributed by atoms with Crippen LogP contribution in [-0.4, -0.2) is 27.1 Å². The molecule has 0 aliphatic rings. The third-order valence-corrected chi connectivity index (χ3v) is 3.01. The predicted molar refractivity (Wildman–Crippen MR) is 77.4 cm³/mol. The van der Waals surface area contributed by atoms with Gasteiger partial charge in [-0.3, -0.25) is 4.79 Å². The highest BCUT2D eigenvalue weighted by Crippen LogP contribution is 2.13. The SMILES string of the molecule is Cc1ncc(Cl)c(C(=O)OCCCn2ccccc2=O)n1. The van der Waals surface area contributed by atoms with E-state index in [0.717, 1.165) is 0 Å². The molecule has 0 N–H and O–H groups in total. The van der Waals surface area contributed by atoms with E-state index >= 15 is 0 Å². The van der Waals surface area contributed by atoms with Gasteiger partial charge in [0.2, 0.25) is 5.56 Å². The van der Waals surface area contributed by atoms with E-state index in [1.54, 1.807) is 29.8 Å². The van der Waals surface area contributed by atoms with Crippen LogP contribution in [0.4, 0.5) is 0 Å². The second-order valence-electron chi connectivity index (χ2n) is 4.34. The van der Waals surface area contributed by atoms with Gasteiger partial charge < -0.3 is 9.30 Å². The molecule has 0 aliphatic carbocycles. The van der Waals surface area contributed by atoms with E-state index in [1.807, 2.05) is 0 Å². The van der Waals surface area contributed by atoms with Gasteiger partial charge in [-0.15, -0.1) is 0 Å². The molecule has 0 aliphatic heterocycles. The average Bonchev–Trinajstić information content (AvgIpc) is 2.47. The molecule has 0 bridgehead atoms. The summed E-state index contributed by atoms with van der Waals surface area (Å²) in [5.74, 6) is -0.145. The Morgan fingerprint density at radius 2 is 2.24 bits per heavy atom. The number of ether oxygens (including phenoxy) is 1. The summed E-state index contributed by atoms with van der Waals surface area (Å²) in [6.07, 6.45) is 3.58. The van der Waals surface area contributed by atoms with Crippen molar-refractivity contribution in [2.24, 2.45) is 0 Å². The number of halogens is 1. The van der Waals surface area contributed by atoms with Crippen molar-refractivity contribution in [3.05, 3.63) is 57.5 Å². The van der Waals surface area contributed by atoms with E-state index in [2.05, 4.69) is 9.97 Å². The highest BCUT2D eigenvalue weighted by atomic mass is 35.5. The summed E-state index contributed by atoms with van der Waals surface area (Å²) in [5, 5.41) is 0.157. The van der Waals surface area contributed by atoms with Gasteiger partial charge >= 0.3 is 5.97 Å². The molecule has 0 amide bonds. The number of hydrogen-bond donors (Lipinski definition) is 0. The van der Waals surface area contributed by atoms with Crippen molar-refractivity contribution in [1.29, 1.82) is 0 Å². The zero-order valence-electron chi connectivity index (χ0n) is 11.5. The minimum Gasteiger partial charge on any atom is -0.461 e. The number of carbonyl (C=O) groups is 1. The van der Waals surface area contributed by atoms with Crippen LogP contribution in [-0.2, 0) is 11.3 Å². The fourth-order valence-corrected chi connectivity index (χ4v) is 1.88. The molecule has 21 heavy (non-hydrogen) atoms. The van der Waals surface area contributed by atoms with Crippen LogP contribution in [0.25, 0.3) is 0 Å². The molecule has 2 aromatic rings. The van der Waals surface area contributed by atoms with Gasteiger partial charge in [-0.1, -0.05) is 17.7 Å². The van der Waals surface area contributed by atoms with E-state index < -0.39 is 5.97 Å². The molecular formula is C14H14ClN3O3. The van der Waals surface area contributed by atoms with Gasteiger partial charge in [-0.25, -0.2) is 14.8 Å². The number of hydrogen-bond acceptors (Lipinski definition) is 5. The Morgan fingerprint density at radius 1 is 1.43 bits per heavy atom. The zero-order valence-corrected chi connectivity index (χ0v) is 12.2. The van der Waals surface area contributed by atoms with Crippen LogP contribution < -0.4 is 5.56 Å². The fraction of sp³-hybridized carbons (Fsp3) is 0.286. The van der Waals surface area contributed by atoms with Crippen LogP contribution in [0.3, 0.4) is 0 Å². The maximum absolute atomic E-state index is 11.8. The topological polar surface area (TPSA) is 74.1 Å². The molecular weight excluding hydrogens is 294 g/mol. The van der Waals surface area contributed by atoms with Gasteiger partial charge in [0.25, 0.3) is 0 Å². The van der Waals surface area contributed by atoms with E-state index in [9.17, 15) is 9.59 Å². The quantitative estimate of drug-likeness (QED) is 0.622. The van der Waals surface area contributed by atoms with Crippen molar-refractivity contribution < 1.29 is 9.53 Å². The van der Waals surface area contributed by atoms with E-state index in [0.29, 0.717) is 18.8 Å². The first-order valence-corrected chi connectivity index (χ1v) is 6.77. The number of nitrogens with zero attached hydrogens (tertiary/aromatic N) is 3. The molecule has 0 atom stereocenters. The predicted octanol–water partition coefficient (Wildman–Crippen LogP) is 1.85. The monoisotopic (exact) mass is 307 g/mol. The van der Waals surface area contributed by atoms with Crippen molar-refractivity contribution in [1.82, 2.24) is 14.5 Å². The Labute approximate surface area is 126 Å². The van der Waals surface area contributed by atoms with Crippen LogP contribution in [0.5, 0.6) is 0 Å². The fourth-order valence-electron chi connectivity index (χ4n) is 1.71. The number of aryl methyl sites for hydroxylation is 2. The minimum atomic E-state index is -0.592. The first kappa shape index (κ1) is 15.2. The molecule has 0 aromatic carbocycles. The third kappa shape index (κ3) is 4.13. The Morgan fingerprint density at radius 3 is 3.00 bits per heavy atom. The van der Waals surface area contributed by atoms with Crippen LogP contribution >= 0.6 is 11.6 Å². The number of esters is 1. The molecule has 0 saturated carbocycles. The lowest BCUT2D eigenvalue weighted by atomic mass is 10.4. The van der Waals surface area contributed by atoms with Crippen LogP contribution in [0.1, 0.15) is 22.7 Å². The Hall–Kier alpha value is -2.21. The molecule has 2 heterocycles. The Balaban J connectivity index is 1.86. The van der Waals surface area contributed by atoms with Gasteiger partial charge in [0, 0.05) is 18.8 Å². The van der Waals surface area contributed by atoms with Crippen LogP contribution in [0.15, 0.2) is 35.4 Å². The van der Waals surface area contributed by atoms with Gasteiger partial charge in [0.05, 0.1) is 17.8 Å². The third-order valence-electron chi connectivity index (χ3n) is 2.73. The standard InChI is InChI=1S/C14H14ClN3O3/c1-10-16-9-11(15)13(17-10)14(20)21-8-4-7-18-6-3-2-5-12(18)19/h2-3,5-6,9H,4,7-8H2,1H3. The molecule has 0 radical (unpaired) electrons. The number of rotatable bonds is 5. The van der Waals surface area contributed by atoms with Gasteiger partial charge in [-0.05, 0) is 19.4 Å². The highest BCUT2D eigenvalue weighted by molar-refractivity contribution is 6.33. The highest BCUT2D eigenvalue weighted by Gasteiger charge is 2.14. The molecule has 0 spiro atoms. The number of aromatic nitrogens is 3. The van der Waals surface area contributed by atoms with Crippen LogP contribution in [0.2, 0.25) is 5.02 Å². The molecule has 2 rings (SSSR count). The van der Waals surface area contributed by atoms with E-state index in [1.165, 1.54) is 12.3 Å². The molecule has 2 aromatic heterocycles. The molecule has 0 unspecified atom stereocenters. The molecule has 0 fully saturated rings. The second kappa shape index (κ2) is 6.99. The number of pyridine rings is 1. The van der Waals surface area contributed by atoms with E-state index in [-0.39, 0.29) is 22.9 Å². The van der Waals surface area contributed by atoms with Crippen molar-refractivity contribution in [2.45, 2.75) is 19.9 Å². The van der Waals surface area contributed by atoms with Crippen molar-refractivity contribution in [3.63, 3.8) is 0 Å². The summed E-state index contributed by atoms with van der Waals surface area (Å²) in [6.45, 7) is 2.32. The number of carbonyl (C=O) groups excluding carboxylic acids is 1. The minimum absolute atomic E-state index is 0.0565. The Bertz CT molecular complexity index is 700. The molecule has 0 saturated heterocycles. The molecule has 6 nitrogen and oxygen atoms in total. The van der Waals surface area contributed by atoms with Crippen molar-refractivity contribution in [2.75, 3.05) is 6.61 Å². The van der Waals surface area contributed by atoms with Crippen molar-refractivity contribution >= 4 is 17.6 Å². The van der Waals surface area contributed by atoms with Gasteiger partial charge in [0.15, 0.2) is 5.69 Å². The maximum Gasteiger partial charge on any atom is 0.358 e. The van der Waals surface area contributed by atoms with E-state index in [4.69, 9.17) is 16.3 Å². The summed E-state index contributed by atoms with van der Waals surface area (Å²) >= 11 is 5.85. The first-order valence-electron chi connectivity index (χ1n) is 6.39. The summed E-state index contributed by atoms with van der Waals surface area (Å²) < 4.78 is 6.65. The molecule has 110 valence electrons. The summed E-state index contributed by atoms with van der Waals surface area (Å²) in [6, 6.07) is 4.94. The van der Waals surface area contributed by atoms with Gasteiger partial charge in [-0.2, -0.15) is 0 Å². The first-order chi connectivity index (χ1) is 10.1. The normalized spacial score (nSPS) is 10.4. The second-order valence-corrected chi connectivity index (χ2v) is 4.74. The summed E-state index contributed by atoms with van der Waals surface area (Å²) in [4.78, 5) is 31.1. The maximum atomic E-state index is 11.8. The largest absolute Gasteiger partial charge is 0.461 e. The zero-order chi connectivity index (χ0) is 15.2. The molecule has 7 heteroatoms. The lowest BCUT2D eigenvalue weighted by Crippen LogP contribution is -2.19. The summed E-state index contributed by atoms with van der Waals surface area (Å²) in [5.41, 5.74) is -0.0284. The average molecular weight is 308 g/mol.